The van der Waals surface area contributed by atoms with Gasteiger partial charge in [0.05, 0.1) is 26.1 Å². The van der Waals surface area contributed by atoms with Gasteiger partial charge in [0.2, 0.25) is 0 Å². The topological polar surface area (TPSA) is 107 Å². The van der Waals surface area contributed by atoms with Crippen molar-refractivity contribution >= 4 is 22.9 Å². The Morgan fingerprint density at radius 3 is 1.24 bits per heavy atom. The third kappa shape index (κ3) is 35.6. The van der Waals surface area contributed by atoms with Crippen molar-refractivity contribution in [3.8, 4) is 0 Å². The molecule has 1 N–H and O–H groups in total. The van der Waals surface area contributed by atoms with Crippen molar-refractivity contribution in [2.75, 3.05) is 13.2 Å². The van der Waals surface area contributed by atoms with Gasteiger partial charge in [-0.25, -0.2) is 0 Å². The molecule has 0 spiro atoms. The first kappa shape index (κ1) is 33.5. The Kier molecular flexibility index (Phi) is 32.2. The van der Waals surface area contributed by atoms with Crippen molar-refractivity contribution in [1.29, 1.82) is 0 Å². The van der Waals surface area contributed by atoms with E-state index in [9.17, 15) is 9.59 Å². The fourth-order valence-corrected chi connectivity index (χ4v) is 2.49. The molecule has 9 heteroatoms. The quantitative estimate of drug-likeness (QED) is 0.0912. The first-order valence-corrected chi connectivity index (χ1v) is 11.6. The van der Waals surface area contributed by atoms with Gasteiger partial charge in [0.25, 0.3) is 0 Å². The minimum absolute atomic E-state index is 0. The Hall–Kier alpha value is -0.150. The molecular weight excluding hydrogens is 407 g/mol. The summed E-state index contributed by atoms with van der Waals surface area (Å²) in [5.74, 6) is -0.583. The second-order valence-corrected chi connectivity index (χ2v) is 7.13. The summed E-state index contributed by atoms with van der Waals surface area (Å²) < 4.78 is 34.3. The van der Waals surface area contributed by atoms with Crippen LogP contribution in [0.4, 0.5) is 0 Å². The Morgan fingerprint density at radius 2 is 0.931 bits per heavy atom. The van der Waals surface area contributed by atoms with E-state index < -0.39 is 11.0 Å². The molecule has 0 atom stereocenters. The van der Waals surface area contributed by atoms with E-state index in [4.69, 9.17) is 22.4 Å². The molecule has 0 amide bonds. The van der Waals surface area contributed by atoms with E-state index in [1.807, 2.05) is 0 Å². The molecule has 0 aromatic heterocycles. The normalized spacial score (nSPS) is 9.93. The number of hydrogen-bond donors (Lipinski definition) is 1. The monoisotopic (exact) mass is 446 g/mol. The van der Waals surface area contributed by atoms with Crippen LogP contribution >= 0.6 is 0 Å². The largest absolute Gasteiger partial charge is 1.00 e. The van der Waals surface area contributed by atoms with Gasteiger partial charge in [-0.1, -0.05) is 78.1 Å². The van der Waals surface area contributed by atoms with Gasteiger partial charge in [0, 0.05) is 11.0 Å². The molecule has 0 bridgehead atoms. The number of carbonyl (C=O) groups excluding carboxylic acids is 2. The molecule has 0 radical (unpaired) electrons. The molecule has 168 valence electrons. The van der Waals surface area contributed by atoms with Gasteiger partial charge in [-0.05, 0) is 12.8 Å². The number of unbranched alkanes of at least 4 members (excludes halogenated alkanes) is 10. The summed E-state index contributed by atoms with van der Waals surface area (Å²) in [5, 5.41) is 0. The van der Waals surface area contributed by atoms with Crippen molar-refractivity contribution in [3.05, 3.63) is 0 Å². The van der Waals surface area contributed by atoms with Gasteiger partial charge in [0.1, 0.15) is 0 Å². The summed E-state index contributed by atoms with van der Waals surface area (Å²) in [6.45, 7) is 5.33. The Bertz CT molecular complexity index is 405. The Balaban J connectivity index is -0.00000123. The summed E-state index contributed by atoms with van der Waals surface area (Å²) in [6, 6.07) is 0. The van der Waals surface area contributed by atoms with E-state index in [0.717, 1.165) is 25.7 Å². The second-order valence-electron chi connectivity index (χ2n) is 6.69. The number of esters is 2. The van der Waals surface area contributed by atoms with E-state index in [1.54, 1.807) is 0 Å². The summed E-state index contributed by atoms with van der Waals surface area (Å²) in [6.07, 6.45) is 14.3. The van der Waals surface area contributed by atoms with Crippen LogP contribution in [0.25, 0.3) is 0 Å². The molecule has 0 saturated heterocycles. The minimum atomic E-state index is -2.86. The van der Waals surface area contributed by atoms with Crippen LogP contribution < -0.4 is 29.6 Å². The molecule has 0 fully saturated rings. The zero-order valence-electron chi connectivity index (χ0n) is 18.6. The van der Waals surface area contributed by atoms with Crippen LogP contribution in [0.15, 0.2) is 0 Å². The van der Waals surface area contributed by atoms with Crippen LogP contribution in [-0.2, 0) is 38.5 Å². The van der Waals surface area contributed by atoms with E-state index >= 15 is 0 Å². The van der Waals surface area contributed by atoms with Gasteiger partial charge in [0.15, 0.2) is 0 Å². The molecular formula is C20H39NaO7S. The smallest absolute Gasteiger partial charge is 0.466 e. The number of ether oxygens (including phenoxy) is 2. The van der Waals surface area contributed by atoms with Crippen LogP contribution in [0.3, 0.4) is 0 Å². The van der Waals surface area contributed by atoms with Gasteiger partial charge in [-0.15, -0.1) is 0 Å². The molecule has 0 aromatic rings. The number of hydrogen-bond acceptors (Lipinski definition) is 7. The maximum Gasteiger partial charge on any atom is 1.00 e. The summed E-state index contributed by atoms with van der Waals surface area (Å²) >= 11 is 0. The molecule has 7 nitrogen and oxygen atoms in total. The zero-order valence-corrected chi connectivity index (χ0v) is 21.4. The molecule has 0 aliphatic carbocycles. The summed E-state index contributed by atoms with van der Waals surface area (Å²) in [5.41, 5.74) is 0. The van der Waals surface area contributed by atoms with Crippen molar-refractivity contribution in [3.63, 3.8) is 0 Å². The molecule has 0 unspecified atom stereocenters. The molecule has 29 heavy (non-hydrogen) atoms. The standard InChI is InChI=1S/C20H38O4.Na.HO3S/c1-3-5-7-9-11-13-17-23-19(21)15-16-20(22)24-18-14-12-10-8-6-4-2;;1-4(2)3/h3-18H2,1-2H3;;(H,1,2,3)/q;+1;-1. The average Bonchev–Trinajstić information content (AvgIpc) is 2.64. The van der Waals surface area contributed by atoms with Gasteiger partial charge < -0.3 is 22.4 Å². The van der Waals surface area contributed by atoms with Gasteiger partial charge in [-0.3, -0.25) is 9.59 Å². The molecule has 0 rings (SSSR count). The van der Waals surface area contributed by atoms with Crippen LogP contribution in [0.2, 0.25) is 0 Å². The SMILES string of the molecule is CCCCCCCCOC(=O)CCC(=O)OCCCCCCCC.O=[S-](=O)O.[Na+]. The maximum atomic E-state index is 11.5. The summed E-state index contributed by atoms with van der Waals surface area (Å²) in [4.78, 5) is 23.1. The van der Waals surface area contributed by atoms with E-state index in [-0.39, 0.29) is 54.3 Å². The van der Waals surface area contributed by atoms with Crippen molar-refractivity contribution < 1.29 is 61.6 Å². The van der Waals surface area contributed by atoms with E-state index in [1.165, 1.54) is 51.4 Å². The van der Waals surface area contributed by atoms with E-state index in [2.05, 4.69) is 13.8 Å². The first-order chi connectivity index (χ1) is 13.4. The average molecular weight is 447 g/mol. The Labute approximate surface area is 200 Å². The maximum absolute atomic E-state index is 11.5. The zero-order chi connectivity index (χ0) is 21.5. The number of rotatable bonds is 17. The second kappa shape index (κ2) is 27.8. The molecule has 0 aliphatic rings. The molecule has 0 aromatic carbocycles. The summed E-state index contributed by atoms with van der Waals surface area (Å²) in [7, 11) is -2.86. The fraction of sp³-hybridized carbons (Fsp3) is 0.900. The van der Waals surface area contributed by atoms with Crippen LogP contribution in [-0.4, -0.2) is 29.7 Å². The third-order valence-electron chi connectivity index (χ3n) is 4.06. The third-order valence-corrected chi connectivity index (χ3v) is 4.06. The van der Waals surface area contributed by atoms with Gasteiger partial charge >= 0.3 is 41.5 Å². The molecule has 0 aliphatic heterocycles. The van der Waals surface area contributed by atoms with Crippen LogP contribution in [0.1, 0.15) is 104 Å². The molecule has 0 heterocycles. The van der Waals surface area contributed by atoms with Crippen LogP contribution in [0, 0.1) is 0 Å². The van der Waals surface area contributed by atoms with Crippen molar-refractivity contribution in [2.24, 2.45) is 0 Å². The fourth-order valence-electron chi connectivity index (χ4n) is 2.49. The number of carbonyl (C=O) groups is 2. The predicted molar refractivity (Wildman–Crippen MR) is 109 cm³/mol. The molecule has 0 saturated carbocycles. The van der Waals surface area contributed by atoms with Gasteiger partial charge in [-0.2, -0.15) is 0 Å². The van der Waals surface area contributed by atoms with Crippen LogP contribution in [0.5, 0.6) is 0 Å². The van der Waals surface area contributed by atoms with E-state index in [0.29, 0.717) is 13.2 Å². The Morgan fingerprint density at radius 1 is 0.655 bits per heavy atom. The van der Waals surface area contributed by atoms with Crippen molar-refractivity contribution in [2.45, 2.75) is 104 Å². The van der Waals surface area contributed by atoms with Crippen molar-refractivity contribution in [1.82, 2.24) is 0 Å². The minimum Gasteiger partial charge on any atom is -0.466 e. The predicted octanol–water partition coefficient (Wildman–Crippen LogP) is 2.35. The first-order valence-electron chi connectivity index (χ1n) is 10.5.